The first-order valence-electron chi connectivity index (χ1n) is 13.1. The number of nitrogens with one attached hydrogen (secondary N) is 2. The van der Waals surface area contributed by atoms with Gasteiger partial charge in [0.2, 0.25) is 5.91 Å². The van der Waals surface area contributed by atoms with Gasteiger partial charge in [-0.3, -0.25) is 19.2 Å². The number of nitrogens with zero attached hydrogens (tertiary/aromatic N) is 3. The highest BCUT2D eigenvalue weighted by Crippen LogP contribution is 2.32. The van der Waals surface area contributed by atoms with Crippen LogP contribution < -0.4 is 10.6 Å². The van der Waals surface area contributed by atoms with E-state index in [1.54, 1.807) is 24.3 Å². The van der Waals surface area contributed by atoms with Gasteiger partial charge in [-0.15, -0.1) is 0 Å². The quantitative estimate of drug-likeness (QED) is 0.0802. The Morgan fingerprint density at radius 1 is 0.977 bits per heavy atom. The van der Waals surface area contributed by atoms with Crippen LogP contribution in [0, 0.1) is 0 Å². The number of benzene rings is 2. The van der Waals surface area contributed by atoms with Crippen LogP contribution in [0.25, 0.3) is 21.6 Å². The average Bonchev–Trinajstić information content (AvgIpc) is 3.77. The van der Waals surface area contributed by atoms with Gasteiger partial charge in [0, 0.05) is 31.2 Å². The van der Waals surface area contributed by atoms with Crippen molar-refractivity contribution in [3.05, 3.63) is 70.6 Å². The lowest BCUT2D eigenvalue weighted by atomic mass is 9.92. The predicted molar refractivity (Wildman–Crippen MR) is 148 cm³/mol. The largest absolute Gasteiger partial charge is 0.479 e. The summed E-state index contributed by atoms with van der Waals surface area (Å²) in [7, 11) is 0. The molecule has 1 aliphatic rings. The van der Waals surface area contributed by atoms with Crippen molar-refractivity contribution < 1.29 is 48.4 Å². The summed E-state index contributed by atoms with van der Waals surface area (Å²) >= 11 is 0. The minimum Gasteiger partial charge on any atom is -0.479 e. The second kappa shape index (κ2) is 14.8. The molecular formula is C28H31N5O10. The van der Waals surface area contributed by atoms with Gasteiger partial charge in [0.15, 0.2) is 18.3 Å². The number of hydrogen-bond acceptors (Lipinski definition) is 10. The van der Waals surface area contributed by atoms with Crippen LogP contribution >= 0.6 is 0 Å². The molecular weight excluding hydrogens is 566 g/mol. The van der Waals surface area contributed by atoms with Gasteiger partial charge in [-0.05, 0) is 28.8 Å². The summed E-state index contributed by atoms with van der Waals surface area (Å²) < 4.78 is 15.7. The van der Waals surface area contributed by atoms with Gasteiger partial charge in [-0.1, -0.05) is 47.6 Å². The molecule has 2 unspecified atom stereocenters. The maximum Gasteiger partial charge on any atom is 0.335 e. The molecule has 2 amide bonds. The zero-order chi connectivity index (χ0) is 31.7. The fourth-order valence-corrected chi connectivity index (χ4v) is 4.53. The van der Waals surface area contributed by atoms with Gasteiger partial charge in [-0.2, -0.15) is 0 Å². The molecule has 3 rings (SSSR count). The van der Waals surface area contributed by atoms with Crippen molar-refractivity contribution in [1.29, 1.82) is 0 Å². The van der Waals surface area contributed by atoms with Gasteiger partial charge in [0.25, 0.3) is 5.91 Å². The number of carboxylic acid groups (broad SMARTS) is 1. The normalized spacial score (nSPS) is 18.8. The van der Waals surface area contributed by atoms with Crippen molar-refractivity contribution in [3.63, 3.8) is 0 Å². The summed E-state index contributed by atoms with van der Waals surface area (Å²) in [6.07, 6.45) is -7.78. The molecule has 0 saturated carbocycles. The lowest BCUT2D eigenvalue weighted by molar-refractivity contribution is -0.176. The highest BCUT2D eigenvalue weighted by atomic mass is 16.6. The zero-order valence-electron chi connectivity index (χ0n) is 23.4. The second-order valence-corrected chi connectivity index (χ2v) is 9.65. The summed E-state index contributed by atoms with van der Waals surface area (Å²) in [5.74, 6) is -4.43. The van der Waals surface area contributed by atoms with Crippen LogP contribution in [0.1, 0.15) is 31.1 Å². The third kappa shape index (κ3) is 9.00. The molecule has 228 valence electrons. The molecule has 43 heavy (non-hydrogen) atoms. The van der Waals surface area contributed by atoms with Crippen molar-refractivity contribution in [2.75, 3.05) is 6.54 Å². The molecule has 0 radical (unpaired) electrons. The van der Waals surface area contributed by atoms with Crippen LogP contribution in [-0.4, -0.2) is 89.1 Å². The molecule has 4 N–H and O–H groups in total. The third-order valence-corrected chi connectivity index (χ3v) is 6.44. The Kier molecular flexibility index (Phi) is 11.2. The monoisotopic (exact) mass is 597 g/mol. The van der Waals surface area contributed by atoms with Crippen molar-refractivity contribution in [2.45, 2.75) is 63.4 Å². The number of carboxylic acids is 1. The van der Waals surface area contributed by atoms with E-state index in [-0.39, 0.29) is 5.56 Å². The van der Waals surface area contributed by atoms with E-state index in [1.807, 2.05) is 30.3 Å². The van der Waals surface area contributed by atoms with Crippen LogP contribution in [-0.2, 0) is 33.4 Å². The highest BCUT2D eigenvalue weighted by molar-refractivity contribution is 5.94. The number of aliphatic hydroxyl groups excluding tert-OH is 1. The van der Waals surface area contributed by atoms with E-state index in [9.17, 15) is 34.2 Å². The Morgan fingerprint density at radius 3 is 2.09 bits per heavy atom. The summed E-state index contributed by atoms with van der Waals surface area (Å²) in [4.78, 5) is 63.1. The highest BCUT2D eigenvalue weighted by Gasteiger charge is 2.55. The first-order chi connectivity index (χ1) is 20.4. The molecule has 0 spiro atoms. The number of rotatable bonds is 14. The average molecular weight is 598 g/mol. The number of carbonyl (C=O) groups excluding carboxylic acids is 4. The standard InChI is InChI=1S/C28H31N5O10/c1-14(34)31-21(22(32-33-29)25-26(43-25)28(39)40)23(37)24(42-16(3)36)20(41-15(2)35)13-30-27(38)19-11-9-18(10-12-19)17-7-5-4-6-8-17/h4-12,20-26,37H,13H2,1-3H3,(H,30,38)(H,31,34)(H,39,40)/t20-,21-,22?,23?,24-,25+,26-/m1/s1. The number of aliphatic hydroxyl groups is 1. The number of amides is 2. The number of ether oxygens (including phenoxy) is 3. The molecule has 2 aromatic carbocycles. The first kappa shape index (κ1) is 32.5. The minimum atomic E-state index is -1.94. The predicted octanol–water partition coefficient (Wildman–Crippen LogP) is 1.34. The summed E-state index contributed by atoms with van der Waals surface area (Å²) in [5, 5.41) is 29.1. The smallest absolute Gasteiger partial charge is 0.335 e. The summed E-state index contributed by atoms with van der Waals surface area (Å²) in [5.41, 5.74) is 11.2. The number of aliphatic carboxylic acids is 1. The number of azide groups is 1. The Morgan fingerprint density at radius 2 is 1.58 bits per heavy atom. The van der Waals surface area contributed by atoms with Crippen molar-refractivity contribution in [3.8, 4) is 11.1 Å². The number of epoxide rings is 1. The van der Waals surface area contributed by atoms with Crippen molar-refractivity contribution in [2.24, 2.45) is 5.11 Å². The first-order valence-corrected chi connectivity index (χ1v) is 13.1. The zero-order valence-corrected chi connectivity index (χ0v) is 23.4. The van der Waals surface area contributed by atoms with Crippen molar-refractivity contribution in [1.82, 2.24) is 10.6 Å². The van der Waals surface area contributed by atoms with E-state index in [2.05, 4.69) is 20.7 Å². The van der Waals surface area contributed by atoms with E-state index in [4.69, 9.17) is 19.7 Å². The van der Waals surface area contributed by atoms with E-state index >= 15 is 0 Å². The van der Waals surface area contributed by atoms with Crippen LogP contribution in [0.3, 0.4) is 0 Å². The maximum atomic E-state index is 13.0. The molecule has 1 heterocycles. The van der Waals surface area contributed by atoms with Crippen LogP contribution in [0.5, 0.6) is 0 Å². The third-order valence-electron chi connectivity index (χ3n) is 6.44. The van der Waals surface area contributed by atoms with Crippen LogP contribution in [0.4, 0.5) is 0 Å². The van der Waals surface area contributed by atoms with E-state index < -0.39 is 78.9 Å². The van der Waals surface area contributed by atoms with Gasteiger partial charge < -0.3 is 35.1 Å². The van der Waals surface area contributed by atoms with Gasteiger partial charge in [0.05, 0.1) is 18.6 Å². The van der Waals surface area contributed by atoms with Gasteiger partial charge in [-0.25, -0.2) is 4.79 Å². The molecule has 0 aromatic heterocycles. The SMILES string of the molecule is CC(=O)N[C@@H](C(O)[C@H](OC(C)=O)[C@@H](CNC(=O)c1ccc(-c2ccccc2)cc1)OC(C)=O)C(N=[N+]=[N-])[C@@H]1O[C@H]1C(=O)O. The van der Waals surface area contributed by atoms with Gasteiger partial charge in [0.1, 0.15) is 12.2 Å². The van der Waals surface area contributed by atoms with E-state index in [0.717, 1.165) is 31.9 Å². The molecule has 0 aliphatic carbocycles. The minimum absolute atomic E-state index is 0.260. The molecule has 0 bridgehead atoms. The molecule has 1 saturated heterocycles. The number of esters is 2. The Labute approximate surface area is 245 Å². The Hall–Kier alpha value is -4.98. The maximum absolute atomic E-state index is 13.0. The van der Waals surface area contributed by atoms with E-state index in [0.29, 0.717) is 0 Å². The molecule has 15 nitrogen and oxygen atoms in total. The Balaban J connectivity index is 1.86. The Bertz CT molecular complexity index is 1380. The summed E-state index contributed by atoms with van der Waals surface area (Å²) in [6, 6.07) is 13.1. The number of carbonyl (C=O) groups is 5. The van der Waals surface area contributed by atoms with Gasteiger partial charge >= 0.3 is 17.9 Å². The molecule has 1 aliphatic heterocycles. The summed E-state index contributed by atoms with van der Waals surface area (Å²) in [6.45, 7) is 2.70. The topological polar surface area (TPSA) is 230 Å². The van der Waals surface area contributed by atoms with E-state index in [1.165, 1.54) is 0 Å². The molecule has 7 atom stereocenters. The second-order valence-electron chi connectivity index (χ2n) is 9.65. The molecule has 1 fully saturated rings. The fraction of sp³-hybridized carbons (Fsp3) is 0.393. The lowest BCUT2D eigenvalue weighted by Gasteiger charge is -2.36. The van der Waals surface area contributed by atoms with Crippen molar-refractivity contribution >= 4 is 29.7 Å². The molecule has 15 heteroatoms. The fourth-order valence-electron chi connectivity index (χ4n) is 4.53. The van der Waals surface area contributed by atoms with Crippen LogP contribution in [0.2, 0.25) is 0 Å². The van der Waals surface area contributed by atoms with Crippen LogP contribution in [0.15, 0.2) is 59.7 Å². The lowest BCUT2D eigenvalue weighted by Crippen LogP contribution is -2.60. The number of hydrogen-bond donors (Lipinski definition) is 4. The molecule has 2 aromatic rings.